The van der Waals surface area contributed by atoms with Gasteiger partial charge in [-0.2, -0.15) is 13.2 Å². The van der Waals surface area contributed by atoms with Gasteiger partial charge in [-0.3, -0.25) is 4.98 Å². The van der Waals surface area contributed by atoms with Crippen molar-refractivity contribution >= 4 is 11.1 Å². The Bertz CT molecular complexity index is 1720. The molecular weight excluding hydrogens is 525 g/mol. The molecule has 0 N–H and O–H groups in total. The van der Waals surface area contributed by atoms with Crippen LogP contribution < -0.4 is 4.74 Å². The lowest BCUT2D eigenvalue weighted by atomic mass is 10.1. The van der Waals surface area contributed by atoms with E-state index in [0.29, 0.717) is 65.2 Å². The zero-order chi connectivity index (χ0) is 27.4. The fourth-order valence-electron chi connectivity index (χ4n) is 5.16. The van der Waals surface area contributed by atoms with Crippen molar-refractivity contribution in [3.05, 3.63) is 71.2 Å². The second kappa shape index (κ2) is 9.40. The monoisotopic (exact) mass is 548 g/mol. The van der Waals surface area contributed by atoms with Gasteiger partial charge in [-0.05, 0) is 24.5 Å². The van der Waals surface area contributed by atoms with Gasteiger partial charge in [-0.15, -0.1) is 0 Å². The minimum absolute atomic E-state index is 0.0557. The van der Waals surface area contributed by atoms with Crippen molar-refractivity contribution in [2.75, 3.05) is 13.7 Å². The first-order valence-electron chi connectivity index (χ1n) is 12.9. The van der Waals surface area contributed by atoms with Crippen molar-refractivity contribution in [3.63, 3.8) is 0 Å². The molecule has 1 aliphatic carbocycles. The molecular formula is C28H23F3N6O3. The molecule has 0 radical (unpaired) electrons. The summed E-state index contributed by atoms with van der Waals surface area (Å²) in [6, 6.07) is 9.06. The van der Waals surface area contributed by atoms with Crippen LogP contribution in [-0.4, -0.2) is 43.2 Å². The fraction of sp³-hybridized carbons (Fsp3) is 0.321. The number of pyridine rings is 1. The van der Waals surface area contributed by atoms with Crippen molar-refractivity contribution in [2.24, 2.45) is 0 Å². The number of alkyl halides is 3. The summed E-state index contributed by atoms with van der Waals surface area (Å²) in [7, 11) is 1.55. The average molecular weight is 549 g/mol. The lowest BCUT2D eigenvalue weighted by molar-refractivity contribution is -0.142. The van der Waals surface area contributed by atoms with Gasteiger partial charge in [0.2, 0.25) is 11.8 Å². The highest BCUT2D eigenvalue weighted by atomic mass is 19.4. The molecule has 0 bridgehead atoms. The molecule has 5 aromatic rings. The number of benzene rings is 1. The highest BCUT2D eigenvalue weighted by molar-refractivity contribution is 5.80. The van der Waals surface area contributed by atoms with Crippen LogP contribution in [0.5, 0.6) is 5.88 Å². The van der Waals surface area contributed by atoms with E-state index >= 15 is 0 Å². The molecule has 2 aliphatic rings. The zero-order valence-corrected chi connectivity index (χ0v) is 21.4. The Morgan fingerprint density at radius 2 is 1.88 bits per heavy atom. The molecule has 1 fully saturated rings. The highest BCUT2D eigenvalue weighted by Gasteiger charge is 2.40. The Kier molecular flexibility index (Phi) is 5.81. The van der Waals surface area contributed by atoms with Crippen molar-refractivity contribution in [3.8, 4) is 28.7 Å². The summed E-state index contributed by atoms with van der Waals surface area (Å²) in [4.78, 5) is 21.9. The quantitative estimate of drug-likeness (QED) is 0.272. The SMILES string of the molecule is COc1ncnc(C2CC2)c1-c1nc2ccnc(Cc3ccc(-c4nc(C(F)(F)F)c5n4CCOC5)cc3)c2o1. The maximum absolute atomic E-state index is 13.6. The number of oxazole rings is 1. The van der Waals surface area contributed by atoms with E-state index < -0.39 is 11.9 Å². The van der Waals surface area contributed by atoms with Crippen molar-refractivity contribution in [2.45, 2.75) is 44.5 Å². The molecule has 5 heterocycles. The molecule has 1 saturated carbocycles. The Morgan fingerprint density at radius 3 is 2.62 bits per heavy atom. The topological polar surface area (TPSA) is 101 Å². The first kappa shape index (κ1) is 24.7. The van der Waals surface area contributed by atoms with E-state index in [1.54, 1.807) is 36.1 Å². The highest BCUT2D eigenvalue weighted by Crippen LogP contribution is 2.46. The average Bonchev–Trinajstić information content (AvgIpc) is 3.59. The third-order valence-corrected chi connectivity index (χ3v) is 7.21. The number of nitrogens with zero attached hydrogens (tertiary/aromatic N) is 6. The van der Waals surface area contributed by atoms with E-state index in [9.17, 15) is 13.2 Å². The van der Waals surface area contributed by atoms with Crippen LogP contribution in [0.25, 0.3) is 33.9 Å². The van der Waals surface area contributed by atoms with Gasteiger partial charge in [0.25, 0.3) is 0 Å². The number of halogens is 3. The molecule has 0 saturated heterocycles. The largest absolute Gasteiger partial charge is 0.480 e. The summed E-state index contributed by atoms with van der Waals surface area (Å²) in [5.41, 5.74) is 4.07. The Labute approximate surface area is 226 Å². The lowest BCUT2D eigenvalue weighted by Crippen LogP contribution is -2.20. The van der Waals surface area contributed by atoms with E-state index in [4.69, 9.17) is 18.9 Å². The van der Waals surface area contributed by atoms with Crippen LogP contribution in [0.4, 0.5) is 13.2 Å². The Morgan fingerprint density at radius 1 is 1.05 bits per heavy atom. The van der Waals surface area contributed by atoms with Gasteiger partial charge < -0.3 is 18.5 Å². The standard InChI is InChI=1S/C28H23F3N6O3/c1-38-26-21(22(16-6-7-16)33-14-34-26)27-35-18-8-9-32-19(23(18)40-27)12-15-2-4-17(5-3-15)25-36-24(28(29,30)31)20-13-39-11-10-37(20)25/h2-5,8-9,14,16H,6-7,10-13H2,1H3. The van der Waals surface area contributed by atoms with Crippen LogP contribution in [0.15, 0.2) is 47.3 Å². The van der Waals surface area contributed by atoms with Gasteiger partial charge >= 0.3 is 6.18 Å². The molecule has 0 amide bonds. The van der Waals surface area contributed by atoms with Crippen LogP contribution in [0.3, 0.4) is 0 Å². The minimum atomic E-state index is -4.55. The third kappa shape index (κ3) is 4.28. The van der Waals surface area contributed by atoms with Gasteiger partial charge in [-0.1, -0.05) is 24.3 Å². The van der Waals surface area contributed by atoms with Crippen molar-refractivity contribution in [1.29, 1.82) is 0 Å². The van der Waals surface area contributed by atoms with E-state index in [1.807, 2.05) is 12.1 Å². The predicted octanol–water partition coefficient (Wildman–Crippen LogP) is 5.57. The van der Waals surface area contributed by atoms with Crippen molar-refractivity contribution in [1.82, 2.24) is 29.5 Å². The molecule has 0 unspecified atom stereocenters. The maximum Gasteiger partial charge on any atom is 0.435 e. The minimum Gasteiger partial charge on any atom is -0.480 e. The van der Waals surface area contributed by atoms with E-state index in [0.717, 1.165) is 24.1 Å². The van der Waals surface area contributed by atoms with Crippen LogP contribution in [-0.2, 0) is 30.5 Å². The van der Waals surface area contributed by atoms with E-state index in [2.05, 4.69) is 19.9 Å². The first-order valence-corrected chi connectivity index (χ1v) is 12.9. The van der Waals surface area contributed by atoms with Crippen molar-refractivity contribution < 1.29 is 27.1 Å². The van der Waals surface area contributed by atoms with Crippen LogP contribution in [0.2, 0.25) is 0 Å². The summed E-state index contributed by atoms with van der Waals surface area (Å²) in [6.45, 7) is 0.538. The van der Waals surface area contributed by atoms with Gasteiger partial charge in [0, 0.05) is 30.6 Å². The predicted molar refractivity (Wildman–Crippen MR) is 136 cm³/mol. The normalized spacial score (nSPS) is 15.4. The maximum atomic E-state index is 13.6. The van der Waals surface area contributed by atoms with Gasteiger partial charge in [0.1, 0.15) is 23.2 Å². The first-order chi connectivity index (χ1) is 19.4. The molecule has 40 heavy (non-hydrogen) atoms. The second-order valence-electron chi connectivity index (χ2n) is 9.85. The third-order valence-electron chi connectivity index (χ3n) is 7.21. The fourth-order valence-corrected chi connectivity index (χ4v) is 5.16. The lowest BCUT2D eigenvalue weighted by Gasteiger charge is -2.18. The summed E-state index contributed by atoms with van der Waals surface area (Å²) >= 11 is 0. The number of methoxy groups -OCH3 is 1. The van der Waals surface area contributed by atoms with Gasteiger partial charge in [-0.25, -0.2) is 19.9 Å². The zero-order valence-electron chi connectivity index (χ0n) is 21.4. The van der Waals surface area contributed by atoms with Crippen LogP contribution in [0, 0.1) is 0 Å². The molecule has 204 valence electrons. The number of aromatic nitrogens is 6. The van der Waals surface area contributed by atoms with E-state index in [-0.39, 0.29) is 18.1 Å². The number of hydrogen-bond acceptors (Lipinski definition) is 8. The summed E-state index contributed by atoms with van der Waals surface area (Å²) in [6.07, 6.45) is 1.14. The Balaban J connectivity index is 1.21. The summed E-state index contributed by atoms with van der Waals surface area (Å²) < 4.78 is 59.4. The number of rotatable bonds is 6. The molecule has 1 aromatic carbocycles. The number of hydrogen-bond donors (Lipinski definition) is 0. The summed E-state index contributed by atoms with van der Waals surface area (Å²) in [5, 5.41) is 0. The molecule has 0 spiro atoms. The number of ether oxygens (including phenoxy) is 2. The van der Waals surface area contributed by atoms with E-state index in [1.165, 1.54) is 6.33 Å². The smallest absolute Gasteiger partial charge is 0.435 e. The van der Waals surface area contributed by atoms with Gasteiger partial charge in [0.15, 0.2) is 11.3 Å². The number of fused-ring (bicyclic) bond motifs is 2. The molecule has 12 heteroatoms. The number of imidazole rings is 1. The molecule has 4 aromatic heterocycles. The second-order valence-corrected chi connectivity index (χ2v) is 9.85. The van der Waals surface area contributed by atoms with Gasteiger partial charge in [0.05, 0.1) is 37.4 Å². The summed E-state index contributed by atoms with van der Waals surface area (Å²) in [5.74, 6) is 1.41. The molecule has 0 atom stereocenters. The molecule has 1 aliphatic heterocycles. The van der Waals surface area contributed by atoms with Crippen LogP contribution >= 0.6 is 0 Å². The Hall–Kier alpha value is -4.32. The molecule has 9 nitrogen and oxygen atoms in total. The molecule has 7 rings (SSSR count). The van der Waals surface area contributed by atoms with Crippen LogP contribution in [0.1, 0.15) is 47.1 Å².